The smallest absolute Gasteiger partial charge is 0.143 e. The summed E-state index contributed by atoms with van der Waals surface area (Å²) in [6.45, 7) is 0. The first kappa shape index (κ1) is 13.9. The van der Waals surface area contributed by atoms with Crippen molar-refractivity contribution in [1.82, 2.24) is 0 Å². The van der Waals surface area contributed by atoms with Crippen LogP contribution >= 0.6 is 15.9 Å². The molecular formula is C15H11BrF2O. The summed E-state index contributed by atoms with van der Waals surface area (Å²) in [4.78, 5) is 11.8. The molecule has 98 valence electrons. The van der Waals surface area contributed by atoms with Gasteiger partial charge in [0.05, 0.1) is 4.47 Å². The lowest BCUT2D eigenvalue weighted by atomic mass is 10.0. The number of carbonyl (C=O) groups is 1. The van der Waals surface area contributed by atoms with Crippen LogP contribution in [0.1, 0.15) is 11.1 Å². The van der Waals surface area contributed by atoms with Crippen molar-refractivity contribution in [2.45, 2.75) is 12.8 Å². The van der Waals surface area contributed by atoms with Crippen LogP contribution in [0.25, 0.3) is 0 Å². The molecule has 0 unspecified atom stereocenters. The largest absolute Gasteiger partial charge is 0.299 e. The number of carbonyl (C=O) groups excluding carboxylic acids is 1. The van der Waals surface area contributed by atoms with Crippen LogP contribution in [-0.4, -0.2) is 5.78 Å². The Balaban J connectivity index is 2.14. The van der Waals surface area contributed by atoms with E-state index in [9.17, 15) is 13.6 Å². The minimum Gasteiger partial charge on any atom is -0.299 e. The van der Waals surface area contributed by atoms with Gasteiger partial charge >= 0.3 is 0 Å². The van der Waals surface area contributed by atoms with E-state index in [0.29, 0.717) is 0 Å². The summed E-state index contributed by atoms with van der Waals surface area (Å²) in [6, 6.07) is 11.6. The number of Topliss-reactive ketones (excluding diaryl/α,β-unsaturated/α-hetero) is 1. The van der Waals surface area contributed by atoms with E-state index in [4.69, 9.17) is 0 Å². The van der Waals surface area contributed by atoms with Crippen molar-refractivity contribution in [2.24, 2.45) is 0 Å². The maximum absolute atomic E-state index is 13.7. The van der Waals surface area contributed by atoms with Crippen molar-refractivity contribution < 1.29 is 13.6 Å². The van der Waals surface area contributed by atoms with Gasteiger partial charge in [-0.15, -0.1) is 0 Å². The lowest BCUT2D eigenvalue weighted by molar-refractivity contribution is -0.117. The molecule has 0 spiro atoms. The second kappa shape index (κ2) is 6.06. The Morgan fingerprint density at radius 3 is 2.37 bits per heavy atom. The number of rotatable bonds is 4. The molecule has 19 heavy (non-hydrogen) atoms. The molecule has 0 aliphatic carbocycles. The zero-order chi connectivity index (χ0) is 13.8. The Morgan fingerprint density at radius 2 is 1.68 bits per heavy atom. The highest BCUT2D eigenvalue weighted by molar-refractivity contribution is 9.10. The van der Waals surface area contributed by atoms with Gasteiger partial charge in [0.25, 0.3) is 0 Å². The third kappa shape index (κ3) is 3.47. The summed E-state index contributed by atoms with van der Waals surface area (Å²) in [5.41, 5.74) is 0.651. The molecule has 0 atom stereocenters. The van der Waals surface area contributed by atoms with E-state index in [1.165, 1.54) is 6.07 Å². The third-order valence-corrected chi connectivity index (χ3v) is 3.37. The lowest BCUT2D eigenvalue weighted by Crippen LogP contribution is -2.10. The van der Waals surface area contributed by atoms with Crippen LogP contribution in [0, 0.1) is 11.6 Å². The van der Waals surface area contributed by atoms with E-state index >= 15 is 0 Å². The van der Waals surface area contributed by atoms with E-state index in [-0.39, 0.29) is 28.7 Å². The molecule has 2 aromatic rings. The number of ketones is 1. The first-order chi connectivity index (χ1) is 9.08. The molecule has 0 saturated carbocycles. The molecule has 0 fully saturated rings. The minimum absolute atomic E-state index is 0.163. The molecule has 0 aliphatic heterocycles. The highest BCUT2D eigenvalue weighted by atomic mass is 79.9. The van der Waals surface area contributed by atoms with E-state index in [1.807, 2.05) is 30.3 Å². The standard InChI is InChI=1S/C15H11BrF2O/c16-13-6-7-14(17)12(15(13)18)9-11(19)8-10-4-2-1-3-5-10/h1-7H,8-9H2. The molecule has 1 nitrogen and oxygen atoms in total. The van der Waals surface area contributed by atoms with Crippen LogP contribution in [0.4, 0.5) is 8.78 Å². The maximum atomic E-state index is 13.7. The van der Waals surface area contributed by atoms with Gasteiger partial charge in [-0.3, -0.25) is 4.79 Å². The molecule has 0 aromatic heterocycles. The van der Waals surface area contributed by atoms with Crippen LogP contribution in [0.5, 0.6) is 0 Å². The van der Waals surface area contributed by atoms with Crippen molar-refractivity contribution in [3.8, 4) is 0 Å². The fourth-order valence-corrected chi connectivity index (χ4v) is 2.19. The van der Waals surface area contributed by atoms with Gasteiger partial charge in [0, 0.05) is 18.4 Å². The minimum atomic E-state index is -0.707. The molecule has 0 aliphatic rings. The van der Waals surface area contributed by atoms with Crippen molar-refractivity contribution in [1.29, 1.82) is 0 Å². The van der Waals surface area contributed by atoms with Gasteiger partial charge in [0.2, 0.25) is 0 Å². The van der Waals surface area contributed by atoms with Crippen molar-refractivity contribution in [2.75, 3.05) is 0 Å². The van der Waals surface area contributed by atoms with E-state index in [2.05, 4.69) is 15.9 Å². The number of benzene rings is 2. The molecule has 4 heteroatoms. The van der Waals surface area contributed by atoms with E-state index in [0.717, 1.165) is 11.6 Å². The summed E-state index contributed by atoms with van der Waals surface area (Å²) in [5, 5.41) is 0. The molecular weight excluding hydrogens is 314 g/mol. The number of hydrogen-bond donors (Lipinski definition) is 0. The van der Waals surface area contributed by atoms with Crippen LogP contribution in [0.2, 0.25) is 0 Å². The van der Waals surface area contributed by atoms with Crippen LogP contribution in [0.15, 0.2) is 46.9 Å². The SMILES string of the molecule is O=C(Cc1ccccc1)Cc1c(F)ccc(Br)c1F. The zero-order valence-corrected chi connectivity index (χ0v) is 11.6. The monoisotopic (exact) mass is 324 g/mol. The predicted molar refractivity (Wildman–Crippen MR) is 72.9 cm³/mol. The summed E-state index contributed by atoms with van der Waals surface area (Å²) in [7, 11) is 0. The van der Waals surface area contributed by atoms with Gasteiger partial charge in [-0.25, -0.2) is 8.78 Å². The Morgan fingerprint density at radius 1 is 1.00 bits per heavy atom. The van der Waals surface area contributed by atoms with Gasteiger partial charge in [-0.2, -0.15) is 0 Å². The average molecular weight is 325 g/mol. The molecule has 0 heterocycles. The lowest BCUT2D eigenvalue weighted by Gasteiger charge is -2.06. The second-order valence-electron chi connectivity index (χ2n) is 4.20. The fraction of sp³-hybridized carbons (Fsp3) is 0.133. The van der Waals surface area contributed by atoms with Crippen molar-refractivity contribution >= 4 is 21.7 Å². The quantitative estimate of drug-likeness (QED) is 0.774. The summed E-state index contributed by atoms with van der Waals surface area (Å²) >= 11 is 2.98. The normalized spacial score (nSPS) is 10.5. The molecule has 2 rings (SSSR count). The molecule has 0 bridgehead atoms. The van der Waals surface area contributed by atoms with Gasteiger partial charge in [-0.1, -0.05) is 30.3 Å². The predicted octanol–water partition coefficient (Wildman–Crippen LogP) is 4.08. The number of hydrogen-bond acceptors (Lipinski definition) is 1. The molecule has 0 amide bonds. The highest BCUT2D eigenvalue weighted by Gasteiger charge is 2.15. The van der Waals surface area contributed by atoms with Crippen molar-refractivity contribution in [3.63, 3.8) is 0 Å². The van der Waals surface area contributed by atoms with Gasteiger partial charge < -0.3 is 0 Å². The van der Waals surface area contributed by atoms with Gasteiger partial charge in [0.15, 0.2) is 0 Å². The van der Waals surface area contributed by atoms with E-state index in [1.54, 1.807) is 0 Å². The Labute approximate surface area is 118 Å². The maximum Gasteiger partial charge on any atom is 0.143 e. The van der Waals surface area contributed by atoms with Crippen LogP contribution in [0.3, 0.4) is 0 Å². The van der Waals surface area contributed by atoms with E-state index < -0.39 is 11.6 Å². The highest BCUT2D eigenvalue weighted by Crippen LogP contribution is 2.22. The van der Waals surface area contributed by atoms with Crippen molar-refractivity contribution in [3.05, 3.63) is 69.7 Å². The number of halogens is 3. The first-order valence-electron chi connectivity index (χ1n) is 5.76. The van der Waals surface area contributed by atoms with Crippen LogP contribution < -0.4 is 0 Å². The molecule has 2 aromatic carbocycles. The summed E-state index contributed by atoms with van der Waals surface area (Å²) in [6.07, 6.45) is -0.0712. The Hall–Kier alpha value is -1.55. The fourth-order valence-electron chi connectivity index (χ4n) is 1.81. The zero-order valence-electron chi connectivity index (χ0n) is 10.00. The average Bonchev–Trinajstić information content (AvgIpc) is 2.40. The molecule has 0 N–H and O–H groups in total. The molecule has 0 saturated heterocycles. The summed E-state index contributed by atoms with van der Waals surface area (Å²) < 4.78 is 27.4. The van der Waals surface area contributed by atoms with Gasteiger partial charge in [0.1, 0.15) is 17.4 Å². The Bertz CT molecular complexity index is 597. The topological polar surface area (TPSA) is 17.1 Å². The second-order valence-corrected chi connectivity index (χ2v) is 5.05. The first-order valence-corrected chi connectivity index (χ1v) is 6.55. The van der Waals surface area contributed by atoms with Crippen LogP contribution in [-0.2, 0) is 17.6 Å². The molecule has 0 radical (unpaired) electrons. The van der Waals surface area contributed by atoms with Gasteiger partial charge in [-0.05, 0) is 33.6 Å². The summed E-state index contributed by atoms with van der Waals surface area (Å²) in [5.74, 6) is -1.62. The Kier molecular flexibility index (Phi) is 4.43. The third-order valence-electron chi connectivity index (χ3n) is 2.76.